The molecule has 110 valence electrons. The van der Waals surface area contributed by atoms with Crippen LogP contribution in [-0.2, 0) is 10.3 Å². The number of carboxylic acids is 1. The molecule has 0 amide bonds. The number of benzene rings is 1. The van der Waals surface area contributed by atoms with Crippen LogP contribution in [0, 0.1) is 6.92 Å². The van der Waals surface area contributed by atoms with E-state index in [1.165, 1.54) is 19.3 Å². The Hall–Kier alpha value is -1.35. The lowest BCUT2D eigenvalue weighted by Gasteiger charge is -2.36. The molecule has 1 fully saturated rings. The number of rotatable bonds is 5. The van der Waals surface area contributed by atoms with Crippen molar-refractivity contribution in [2.45, 2.75) is 64.0 Å². The van der Waals surface area contributed by atoms with Gasteiger partial charge in [-0.05, 0) is 31.7 Å². The lowest BCUT2D eigenvalue weighted by atomic mass is 9.84. The minimum Gasteiger partial charge on any atom is -0.480 e. The van der Waals surface area contributed by atoms with Gasteiger partial charge in [0.25, 0.3) is 0 Å². The minimum atomic E-state index is -0.949. The fraction of sp³-hybridized carbons (Fsp3) is 0.588. The van der Waals surface area contributed by atoms with Crippen molar-refractivity contribution < 1.29 is 9.90 Å². The summed E-state index contributed by atoms with van der Waals surface area (Å²) in [6, 6.07) is 8.20. The van der Waals surface area contributed by atoms with Crippen LogP contribution in [0.15, 0.2) is 24.3 Å². The first-order chi connectivity index (χ1) is 9.58. The van der Waals surface area contributed by atoms with E-state index in [1.807, 2.05) is 38.1 Å². The molecular weight excluding hydrogens is 250 g/mol. The minimum absolute atomic E-state index is 0.320. The molecule has 0 spiro atoms. The number of hydrogen-bond acceptors (Lipinski definition) is 2. The second kappa shape index (κ2) is 6.40. The first-order valence-electron chi connectivity index (χ1n) is 7.66. The molecule has 2 rings (SSSR count). The van der Waals surface area contributed by atoms with Gasteiger partial charge in [0, 0.05) is 6.04 Å². The molecule has 1 atom stereocenters. The highest BCUT2D eigenvalue weighted by molar-refractivity contribution is 5.80. The molecule has 0 saturated heterocycles. The third-order valence-electron chi connectivity index (χ3n) is 4.50. The maximum Gasteiger partial charge on any atom is 0.328 e. The Kier molecular flexibility index (Phi) is 4.81. The summed E-state index contributed by atoms with van der Waals surface area (Å²) in [4.78, 5) is 11.9. The van der Waals surface area contributed by atoms with Gasteiger partial charge in [0.15, 0.2) is 0 Å². The molecule has 0 aliphatic heterocycles. The van der Waals surface area contributed by atoms with Gasteiger partial charge >= 0.3 is 5.97 Å². The Labute approximate surface area is 121 Å². The topological polar surface area (TPSA) is 49.3 Å². The first kappa shape index (κ1) is 15.0. The highest BCUT2D eigenvalue weighted by atomic mass is 16.4. The van der Waals surface area contributed by atoms with Gasteiger partial charge in [-0.1, -0.05) is 56.0 Å². The molecule has 20 heavy (non-hydrogen) atoms. The molecule has 1 aliphatic rings. The SMILES string of the molecule is CCC(NC1CCCCC1)(C(=O)O)c1ccc(C)cc1. The zero-order valence-electron chi connectivity index (χ0n) is 12.5. The Morgan fingerprint density at radius 3 is 2.35 bits per heavy atom. The highest BCUT2D eigenvalue weighted by Crippen LogP contribution is 2.29. The van der Waals surface area contributed by atoms with Crippen LogP contribution in [0.1, 0.15) is 56.6 Å². The van der Waals surface area contributed by atoms with Gasteiger partial charge < -0.3 is 5.11 Å². The van der Waals surface area contributed by atoms with E-state index in [0.717, 1.165) is 24.0 Å². The van der Waals surface area contributed by atoms with Crippen molar-refractivity contribution in [1.29, 1.82) is 0 Å². The van der Waals surface area contributed by atoms with Crippen LogP contribution in [0.4, 0.5) is 0 Å². The number of aliphatic carboxylic acids is 1. The summed E-state index contributed by atoms with van der Waals surface area (Å²) in [6.07, 6.45) is 6.40. The van der Waals surface area contributed by atoms with Crippen molar-refractivity contribution in [3.8, 4) is 0 Å². The van der Waals surface area contributed by atoms with E-state index in [4.69, 9.17) is 0 Å². The molecule has 1 aliphatic carbocycles. The van der Waals surface area contributed by atoms with Crippen molar-refractivity contribution in [1.82, 2.24) is 5.32 Å². The average Bonchev–Trinajstić information content (AvgIpc) is 2.46. The molecule has 2 N–H and O–H groups in total. The maximum absolute atomic E-state index is 11.9. The van der Waals surface area contributed by atoms with E-state index in [1.54, 1.807) is 0 Å². The summed E-state index contributed by atoms with van der Waals surface area (Å²) in [5.41, 5.74) is 1.07. The van der Waals surface area contributed by atoms with E-state index >= 15 is 0 Å². The number of nitrogens with one attached hydrogen (secondary N) is 1. The van der Waals surface area contributed by atoms with Crippen LogP contribution in [-0.4, -0.2) is 17.1 Å². The summed E-state index contributed by atoms with van der Waals surface area (Å²) >= 11 is 0. The highest BCUT2D eigenvalue weighted by Gasteiger charge is 2.40. The van der Waals surface area contributed by atoms with Gasteiger partial charge in [-0.3, -0.25) is 5.32 Å². The van der Waals surface area contributed by atoms with Crippen LogP contribution in [0.5, 0.6) is 0 Å². The normalized spacial score (nSPS) is 19.5. The Balaban J connectivity index is 2.28. The van der Waals surface area contributed by atoms with E-state index in [0.29, 0.717) is 12.5 Å². The molecule has 1 saturated carbocycles. The second-order valence-electron chi connectivity index (χ2n) is 5.91. The first-order valence-corrected chi connectivity index (χ1v) is 7.66. The van der Waals surface area contributed by atoms with Gasteiger partial charge in [-0.25, -0.2) is 4.79 Å². The summed E-state index contributed by atoms with van der Waals surface area (Å²) in [5.74, 6) is -0.769. The van der Waals surface area contributed by atoms with Gasteiger partial charge in [0.1, 0.15) is 5.54 Å². The summed E-state index contributed by atoms with van der Waals surface area (Å²) < 4.78 is 0. The van der Waals surface area contributed by atoms with Crippen LogP contribution < -0.4 is 5.32 Å². The summed E-state index contributed by atoms with van der Waals surface area (Å²) in [6.45, 7) is 3.97. The third-order valence-corrected chi connectivity index (χ3v) is 4.50. The van der Waals surface area contributed by atoms with E-state index in [-0.39, 0.29) is 0 Å². The lowest BCUT2D eigenvalue weighted by molar-refractivity contribution is -0.146. The zero-order valence-corrected chi connectivity index (χ0v) is 12.5. The lowest BCUT2D eigenvalue weighted by Crippen LogP contribution is -2.53. The number of hydrogen-bond donors (Lipinski definition) is 2. The fourth-order valence-corrected chi connectivity index (χ4v) is 3.16. The Morgan fingerprint density at radius 1 is 1.25 bits per heavy atom. The van der Waals surface area contributed by atoms with E-state index < -0.39 is 11.5 Å². The molecule has 0 heterocycles. The molecule has 0 bridgehead atoms. The van der Waals surface area contributed by atoms with Gasteiger partial charge in [-0.2, -0.15) is 0 Å². The van der Waals surface area contributed by atoms with Crippen molar-refractivity contribution in [2.75, 3.05) is 0 Å². The molecule has 0 aromatic heterocycles. The third kappa shape index (κ3) is 3.04. The quantitative estimate of drug-likeness (QED) is 0.863. The van der Waals surface area contributed by atoms with Gasteiger partial charge in [0.2, 0.25) is 0 Å². The number of carbonyl (C=O) groups is 1. The second-order valence-corrected chi connectivity index (χ2v) is 5.91. The van der Waals surface area contributed by atoms with Gasteiger partial charge in [0.05, 0.1) is 0 Å². The molecule has 3 heteroatoms. The molecule has 1 unspecified atom stereocenters. The fourth-order valence-electron chi connectivity index (χ4n) is 3.16. The molecule has 0 radical (unpaired) electrons. The van der Waals surface area contributed by atoms with Crippen molar-refractivity contribution >= 4 is 5.97 Å². The van der Waals surface area contributed by atoms with Crippen molar-refractivity contribution in [3.05, 3.63) is 35.4 Å². The molecule has 3 nitrogen and oxygen atoms in total. The van der Waals surface area contributed by atoms with E-state index in [9.17, 15) is 9.90 Å². The van der Waals surface area contributed by atoms with Crippen LogP contribution in [0.25, 0.3) is 0 Å². The maximum atomic E-state index is 11.9. The number of carboxylic acid groups (broad SMARTS) is 1. The van der Waals surface area contributed by atoms with Crippen LogP contribution in [0.2, 0.25) is 0 Å². The predicted octanol–water partition coefficient (Wildman–Crippen LogP) is 3.61. The number of aryl methyl sites for hydroxylation is 1. The van der Waals surface area contributed by atoms with Gasteiger partial charge in [-0.15, -0.1) is 0 Å². The predicted molar refractivity (Wildman–Crippen MR) is 80.8 cm³/mol. The van der Waals surface area contributed by atoms with E-state index in [2.05, 4.69) is 5.32 Å². The summed E-state index contributed by atoms with van der Waals surface area (Å²) in [7, 11) is 0. The standard InChI is InChI=1S/C17H25NO2/c1-3-17(16(19)20,14-11-9-13(2)10-12-14)18-15-7-5-4-6-8-15/h9-12,15,18H,3-8H2,1-2H3,(H,19,20). The molecule has 1 aromatic rings. The van der Waals surface area contributed by atoms with Crippen LogP contribution >= 0.6 is 0 Å². The Morgan fingerprint density at radius 2 is 1.85 bits per heavy atom. The smallest absolute Gasteiger partial charge is 0.328 e. The molecule has 1 aromatic carbocycles. The van der Waals surface area contributed by atoms with Crippen molar-refractivity contribution in [3.63, 3.8) is 0 Å². The molecular formula is C17H25NO2. The van der Waals surface area contributed by atoms with Crippen molar-refractivity contribution in [2.24, 2.45) is 0 Å². The largest absolute Gasteiger partial charge is 0.480 e. The van der Waals surface area contributed by atoms with Crippen LogP contribution in [0.3, 0.4) is 0 Å². The zero-order chi connectivity index (χ0) is 14.6. The Bertz CT molecular complexity index is 449. The summed E-state index contributed by atoms with van der Waals surface area (Å²) in [5, 5.41) is 13.3. The average molecular weight is 275 g/mol. The monoisotopic (exact) mass is 275 g/mol.